The predicted octanol–water partition coefficient (Wildman–Crippen LogP) is 2.57. The second kappa shape index (κ2) is 7.31. The summed E-state index contributed by atoms with van der Waals surface area (Å²) < 4.78 is 40.9. The lowest BCUT2D eigenvalue weighted by molar-refractivity contribution is -0.141. The van der Waals surface area contributed by atoms with Crippen molar-refractivity contribution in [2.24, 2.45) is 0 Å². The molecule has 1 saturated heterocycles. The second-order valence-corrected chi connectivity index (χ2v) is 7.60. The molecule has 4 rings (SSSR count). The van der Waals surface area contributed by atoms with Crippen molar-refractivity contribution in [1.82, 2.24) is 24.2 Å². The van der Waals surface area contributed by atoms with Gasteiger partial charge in [-0.1, -0.05) is 6.07 Å². The summed E-state index contributed by atoms with van der Waals surface area (Å²) in [6, 6.07) is 1.04. The van der Waals surface area contributed by atoms with Crippen molar-refractivity contribution < 1.29 is 18.0 Å². The first-order valence-electron chi connectivity index (χ1n) is 9.79. The number of aromatic nitrogens is 4. The molecule has 2 unspecified atom stereocenters. The van der Waals surface area contributed by atoms with E-state index in [9.17, 15) is 22.8 Å². The number of alkyl halides is 3. The fraction of sp³-hybridized carbons (Fsp3) is 0.579. The number of rotatable bonds is 3. The van der Waals surface area contributed by atoms with Gasteiger partial charge >= 0.3 is 11.9 Å². The van der Waals surface area contributed by atoms with Crippen LogP contribution in [0, 0.1) is 0 Å². The zero-order chi connectivity index (χ0) is 20.8. The Morgan fingerprint density at radius 2 is 1.93 bits per heavy atom. The van der Waals surface area contributed by atoms with Crippen molar-refractivity contribution >= 4 is 5.91 Å². The van der Waals surface area contributed by atoms with Crippen LogP contribution in [0.5, 0.6) is 0 Å². The molecule has 2 aromatic heterocycles. The molecule has 2 aliphatic heterocycles. The van der Waals surface area contributed by atoms with Crippen molar-refractivity contribution in [3.63, 3.8) is 0 Å². The van der Waals surface area contributed by atoms with Gasteiger partial charge in [-0.25, -0.2) is 9.48 Å². The fourth-order valence-corrected chi connectivity index (χ4v) is 4.10. The van der Waals surface area contributed by atoms with E-state index in [0.717, 1.165) is 31.5 Å². The van der Waals surface area contributed by atoms with Crippen LogP contribution in [0.3, 0.4) is 0 Å². The van der Waals surface area contributed by atoms with Crippen LogP contribution in [0.25, 0.3) is 0 Å². The first-order valence-corrected chi connectivity index (χ1v) is 9.79. The molecule has 156 valence electrons. The highest BCUT2D eigenvalue weighted by Gasteiger charge is 2.35. The normalized spacial score (nSPS) is 20.6. The van der Waals surface area contributed by atoms with Crippen LogP contribution in [0.1, 0.15) is 61.8 Å². The van der Waals surface area contributed by atoms with Crippen LogP contribution in [0.2, 0.25) is 0 Å². The molecule has 4 heterocycles. The minimum atomic E-state index is -4.52. The quantitative estimate of drug-likeness (QED) is 0.781. The number of pyridine rings is 1. The number of fused-ring (bicyclic) bond motifs is 1. The van der Waals surface area contributed by atoms with Gasteiger partial charge in [-0.3, -0.25) is 14.3 Å². The maximum atomic E-state index is 13.1. The van der Waals surface area contributed by atoms with Gasteiger partial charge in [-0.15, -0.1) is 0 Å². The molecule has 10 heteroatoms. The second-order valence-electron chi connectivity index (χ2n) is 7.60. The molecule has 0 spiro atoms. The summed E-state index contributed by atoms with van der Waals surface area (Å²) in [4.78, 5) is 31.3. The van der Waals surface area contributed by atoms with E-state index in [-0.39, 0.29) is 5.91 Å². The number of amides is 1. The van der Waals surface area contributed by atoms with Gasteiger partial charge in [0.2, 0.25) is 5.91 Å². The molecule has 0 N–H and O–H groups in total. The van der Waals surface area contributed by atoms with E-state index in [1.165, 1.54) is 15.3 Å². The zero-order valence-electron chi connectivity index (χ0n) is 16.0. The predicted molar refractivity (Wildman–Crippen MR) is 97.3 cm³/mol. The highest BCUT2D eigenvalue weighted by Crippen LogP contribution is 2.29. The summed E-state index contributed by atoms with van der Waals surface area (Å²) in [6.45, 7) is 3.10. The van der Waals surface area contributed by atoms with Crippen molar-refractivity contribution in [2.75, 3.05) is 13.1 Å². The van der Waals surface area contributed by atoms with E-state index < -0.39 is 29.6 Å². The summed E-state index contributed by atoms with van der Waals surface area (Å²) in [5.41, 5.74) is -0.955. The average molecular weight is 409 g/mol. The van der Waals surface area contributed by atoms with E-state index in [1.54, 1.807) is 11.8 Å². The number of carbonyl (C=O) groups excluding carboxylic acids is 1. The molecule has 0 saturated carbocycles. The summed E-state index contributed by atoms with van der Waals surface area (Å²) in [6.07, 6.45) is 0.473. The lowest BCUT2D eigenvalue weighted by atomic mass is 10.0. The van der Waals surface area contributed by atoms with Gasteiger partial charge in [0.15, 0.2) is 0 Å². The summed E-state index contributed by atoms with van der Waals surface area (Å²) in [5.74, 6) is 0.500. The number of hydrogen-bond acceptors (Lipinski definition) is 4. The van der Waals surface area contributed by atoms with Crippen molar-refractivity contribution in [3.8, 4) is 0 Å². The smallest absolute Gasteiger partial charge is 0.341 e. The molecule has 1 fully saturated rings. The molecule has 2 aliphatic rings. The van der Waals surface area contributed by atoms with Gasteiger partial charge in [0.05, 0.1) is 6.04 Å². The largest absolute Gasteiger partial charge is 0.433 e. The van der Waals surface area contributed by atoms with Crippen molar-refractivity contribution in [2.45, 2.75) is 57.3 Å². The Kier molecular flexibility index (Phi) is 4.95. The summed E-state index contributed by atoms with van der Waals surface area (Å²) in [5, 5.41) is 4.40. The Morgan fingerprint density at radius 1 is 1.21 bits per heavy atom. The average Bonchev–Trinajstić information content (AvgIpc) is 3.35. The SMILES string of the molecule is CC(c1ccc(C(F)(F)F)nc1)n1nc2n(c1=O)C(C(=O)N1CCCC1)CCC2. The van der Waals surface area contributed by atoms with Gasteiger partial charge in [0, 0.05) is 25.7 Å². The number of aryl methyl sites for hydroxylation is 1. The van der Waals surface area contributed by atoms with Gasteiger partial charge < -0.3 is 4.90 Å². The van der Waals surface area contributed by atoms with E-state index in [0.29, 0.717) is 37.3 Å². The maximum absolute atomic E-state index is 13.1. The van der Waals surface area contributed by atoms with E-state index in [2.05, 4.69) is 10.1 Å². The molecule has 2 aromatic rings. The van der Waals surface area contributed by atoms with E-state index in [4.69, 9.17) is 0 Å². The van der Waals surface area contributed by atoms with Gasteiger partial charge in [0.25, 0.3) is 0 Å². The lowest BCUT2D eigenvalue weighted by Gasteiger charge is -2.27. The van der Waals surface area contributed by atoms with Crippen LogP contribution in [-0.2, 0) is 17.4 Å². The molecular formula is C19H22F3N5O2. The van der Waals surface area contributed by atoms with Gasteiger partial charge in [-0.05, 0) is 44.2 Å². The first kappa shape index (κ1) is 19.7. The number of likely N-dealkylation sites (tertiary alicyclic amines) is 1. The zero-order valence-corrected chi connectivity index (χ0v) is 16.0. The van der Waals surface area contributed by atoms with Crippen LogP contribution >= 0.6 is 0 Å². The number of nitrogens with zero attached hydrogens (tertiary/aromatic N) is 5. The highest BCUT2D eigenvalue weighted by molar-refractivity contribution is 5.80. The van der Waals surface area contributed by atoms with Gasteiger partial charge in [-0.2, -0.15) is 18.3 Å². The number of halogens is 3. The minimum absolute atomic E-state index is 0.0473. The molecule has 0 bridgehead atoms. The molecule has 2 atom stereocenters. The van der Waals surface area contributed by atoms with Crippen LogP contribution in [0.15, 0.2) is 23.1 Å². The van der Waals surface area contributed by atoms with Crippen LogP contribution in [0.4, 0.5) is 13.2 Å². The van der Waals surface area contributed by atoms with Gasteiger partial charge in [0.1, 0.15) is 17.6 Å². The Balaban J connectivity index is 1.64. The Hall–Kier alpha value is -2.65. The first-order chi connectivity index (χ1) is 13.8. The van der Waals surface area contributed by atoms with Crippen molar-refractivity contribution in [1.29, 1.82) is 0 Å². The highest BCUT2D eigenvalue weighted by atomic mass is 19.4. The lowest BCUT2D eigenvalue weighted by Crippen LogP contribution is -2.41. The topological polar surface area (TPSA) is 73.0 Å². The van der Waals surface area contributed by atoms with Crippen LogP contribution in [-0.4, -0.2) is 43.2 Å². The summed E-state index contributed by atoms with van der Waals surface area (Å²) >= 11 is 0. The van der Waals surface area contributed by atoms with E-state index >= 15 is 0 Å². The third-order valence-corrected chi connectivity index (χ3v) is 5.72. The molecular weight excluding hydrogens is 387 g/mol. The molecule has 0 radical (unpaired) electrons. The van der Waals surface area contributed by atoms with Crippen LogP contribution < -0.4 is 5.69 Å². The molecule has 1 amide bonds. The third-order valence-electron chi connectivity index (χ3n) is 5.72. The minimum Gasteiger partial charge on any atom is -0.341 e. The summed E-state index contributed by atoms with van der Waals surface area (Å²) in [7, 11) is 0. The Bertz CT molecular complexity index is 958. The molecule has 7 nitrogen and oxygen atoms in total. The van der Waals surface area contributed by atoms with Crippen molar-refractivity contribution in [3.05, 3.63) is 45.9 Å². The Morgan fingerprint density at radius 3 is 2.55 bits per heavy atom. The number of carbonyl (C=O) groups is 1. The molecule has 0 aromatic carbocycles. The Labute approximate surface area is 165 Å². The fourth-order valence-electron chi connectivity index (χ4n) is 4.10. The molecule has 0 aliphatic carbocycles. The third kappa shape index (κ3) is 3.56. The molecule has 29 heavy (non-hydrogen) atoms. The van der Waals surface area contributed by atoms with E-state index in [1.807, 2.05) is 0 Å². The standard InChI is InChI=1S/C19H22F3N5O2/c1-12(13-7-8-15(23-11-13)19(20,21)22)27-18(29)26-14(5-4-6-16(26)24-27)17(28)25-9-2-3-10-25/h7-8,11-12,14H,2-6,9-10H2,1H3. The number of hydrogen-bond donors (Lipinski definition) is 0. The monoisotopic (exact) mass is 409 g/mol. The maximum Gasteiger partial charge on any atom is 0.433 e.